The van der Waals surface area contributed by atoms with Gasteiger partial charge in [-0.15, -0.1) is 10.2 Å². The van der Waals surface area contributed by atoms with Gasteiger partial charge in [0, 0.05) is 19.0 Å². The molecule has 0 saturated carbocycles. The summed E-state index contributed by atoms with van der Waals surface area (Å²) in [5, 5.41) is 16.0. The van der Waals surface area contributed by atoms with E-state index in [4.69, 9.17) is 16.7 Å². The summed E-state index contributed by atoms with van der Waals surface area (Å²) in [4.78, 5) is 10.4. The maximum atomic E-state index is 12.8. The van der Waals surface area contributed by atoms with E-state index in [9.17, 15) is 18.0 Å². The van der Waals surface area contributed by atoms with Crippen LogP contribution in [0.5, 0.6) is 0 Å². The molecule has 0 atom stereocenters. The van der Waals surface area contributed by atoms with E-state index < -0.39 is 17.7 Å². The van der Waals surface area contributed by atoms with Crippen molar-refractivity contribution in [2.24, 2.45) is 0 Å². The largest absolute Gasteiger partial charge is 0.481 e. The van der Waals surface area contributed by atoms with Gasteiger partial charge < -0.3 is 5.11 Å². The third kappa shape index (κ3) is 3.63. The van der Waals surface area contributed by atoms with Crippen LogP contribution in [0.3, 0.4) is 0 Å². The molecule has 0 fully saturated rings. The lowest BCUT2D eigenvalue weighted by atomic mass is 10.2. The number of carboxylic acid groups (broad SMARTS) is 1. The average molecular weight is 322 g/mol. The Bertz CT molecular complexity index is 670. The zero-order chi connectivity index (χ0) is 15.6. The van der Waals surface area contributed by atoms with Crippen molar-refractivity contribution in [3.63, 3.8) is 0 Å². The van der Waals surface area contributed by atoms with Crippen molar-refractivity contribution in [2.45, 2.75) is 31.9 Å². The van der Waals surface area contributed by atoms with Gasteiger partial charge in [0.2, 0.25) is 0 Å². The average Bonchev–Trinajstić information content (AvgIpc) is 2.77. The van der Waals surface area contributed by atoms with E-state index in [2.05, 4.69) is 10.2 Å². The number of fused-ring (bicyclic) bond motifs is 1. The van der Waals surface area contributed by atoms with Crippen LogP contribution >= 0.6 is 11.6 Å². The van der Waals surface area contributed by atoms with Crippen molar-refractivity contribution in [1.29, 1.82) is 0 Å². The predicted octanol–water partition coefficient (Wildman–Crippen LogP) is 3.20. The number of carboxylic acids is 1. The minimum absolute atomic E-state index is 0.00525. The highest BCUT2D eigenvalue weighted by Gasteiger charge is 2.32. The van der Waals surface area contributed by atoms with Crippen molar-refractivity contribution in [3.05, 3.63) is 28.7 Å². The van der Waals surface area contributed by atoms with Crippen molar-refractivity contribution < 1.29 is 23.1 Å². The second-order valence-electron chi connectivity index (χ2n) is 4.49. The second kappa shape index (κ2) is 5.88. The zero-order valence-corrected chi connectivity index (χ0v) is 11.4. The number of hydrogen-bond donors (Lipinski definition) is 1. The van der Waals surface area contributed by atoms with E-state index in [-0.39, 0.29) is 17.1 Å². The zero-order valence-electron chi connectivity index (χ0n) is 10.7. The first kappa shape index (κ1) is 15.6. The number of pyridine rings is 1. The molecule has 0 amide bonds. The Morgan fingerprint density at radius 3 is 2.67 bits per heavy atom. The topological polar surface area (TPSA) is 67.5 Å². The summed E-state index contributed by atoms with van der Waals surface area (Å²) in [5.74, 6) is -0.591. The van der Waals surface area contributed by atoms with Gasteiger partial charge in [-0.05, 0) is 18.9 Å². The first-order valence-electron chi connectivity index (χ1n) is 6.11. The first-order valence-corrected chi connectivity index (χ1v) is 6.49. The summed E-state index contributed by atoms with van der Waals surface area (Å²) in [6.45, 7) is 0. The van der Waals surface area contributed by atoms with Crippen LogP contribution in [0.4, 0.5) is 13.2 Å². The number of aryl methyl sites for hydroxylation is 1. The van der Waals surface area contributed by atoms with Gasteiger partial charge in [-0.1, -0.05) is 11.6 Å². The van der Waals surface area contributed by atoms with Gasteiger partial charge in [0.25, 0.3) is 0 Å². The minimum Gasteiger partial charge on any atom is -0.481 e. The molecule has 9 heteroatoms. The van der Waals surface area contributed by atoms with Crippen LogP contribution in [0, 0.1) is 0 Å². The van der Waals surface area contributed by atoms with E-state index in [1.807, 2.05) is 0 Å². The van der Waals surface area contributed by atoms with Crippen molar-refractivity contribution in [2.75, 3.05) is 0 Å². The number of carbonyl (C=O) groups is 1. The molecule has 0 aliphatic heterocycles. The molecule has 0 unspecified atom stereocenters. The van der Waals surface area contributed by atoms with Crippen molar-refractivity contribution >= 4 is 23.2 Å². The summed E-state index contributed by atoms with van der Waals surface area (Å²) in [7, 11) is 0. The van der Waals surface area contributed by atoms with Crippen molar-refractivity contribution in [1.82, 2.24) is 14.6 Å². The Hall–Kier alpha value is -1.83. The second-order valence-corrected chi connectivity index (χ2v) is 4.89. The van der Waals surface area contributed by atoms with Gasteiger partial charge in [-0.25, -0.2) is 0 Å². The first-order chi connectivity index (χ1) is 9.79. The number of hydrogen-bond acceptors (Lipinski definition) is 3. The fraction of sp³-hybridized carbons (Fsp3) is 0.417. The summed E-state index contributed by atoms with van der Waals surface area (Å²) in [5.41, 5.74) is -0.732. The van der Waals surface area contributed by atoms with E-state index in [0.29, 0.717) is 25.1 Å². The maximum absolute atomic E-state index is 12.8. The van der Waals surface area contributed by atoms with Crippen molar-refractivity contribution in [3.8, 4) is 0 Å². The molecule has 0 spiro atoms. The van der Waals surface area contributed by atoms with E-state index >= 15 is 0 Å². The normalized spacial score (nSPS) is 12.0. The predicted molar refractivity (Wildman–Crippen MR) is 68.2 cm³/mol. The summed E-state index contributed by atoms with van der Waals surface area (Å²) in [6.07, 6.45) is -2.38. The Labute approximate surface area is 122 Å². The number of aromatic nitrogens is 3. The number of halogens is 4. The van der Waals surface area contributed by atoms with Crippen LogP contribution in [0.2, 0.25) is 5.02 Å². The SMILES string of the molecule is O=C(O)CCCCc1nnc2c(Cl)cc(C(F)(F)F)cn12. The summed E-state index contributed by atoms with van der Waals surface area (Å²) in [6, 6.07) is 0.805. The summed E-state index contributed by atoms with van der Waals surface area (Å²) < 4.78 is 39.5. The molecule has 0 aliphatic carbocycles. The monoisotopic (exact) mass is 321 g/mol. The third-order valence-electron chi connectivity index (χ3n) is 2.90. The molecular weight excluding hydrogens is 311 g/mol. The molecule has 1 N–H and O–H groups in total. The van der Waals surface area contributed by atoms with Gasteiger partial charge in [-0.2, -0.15) is 13.2 Å². The van der Waals surface area contributed by atoms with Crippen LogP contribution in [0.25, 0.3) is 5.65 Å². The molecule has 0 bridgehead atoms. The maximum Gasteiger partial charge on any atom is 0.417 e. The molecule has 5 nitrogen and oxygen atoms in total. The molecule has 2 aromatic heterocycles. The highest BCUT2D eigenvalue weighted by Crippen LogP contribution is 2.32. The van der Waals surface area contributed by atoms with Gasteiger partial charge in [0.05, 0.1) is 10.6 Å². The van der Waals surface area contributed by atoms with Crippen LogP contribution in [-0.4, -0.2) is 25.7 Å². The van der Waals surface area contributed by atoms with Crippen LogP contribution in [0.1, 0.15) is 30.7 Å². The molecule has 2 rings (SSSR count). The smallest absolute Gasteiger partial charge is 0.417 e. The molecule has 0 saturated heterocycles. The molecule has 2 heterocycles. The lowest BCUT2D eigenvalue weighted by Gasteiger charge is -2.08. The number of rotatable bonds is 5. The fourth-order valence-corrected chi connectivity index (χ4v) is 2.13. The van der Waals surface area contributed by atoms with Crippen LogP contribution in [0.15, 0.2) is 12.3 Å². The molecule has 114 valence electrons. The Kier molecular flexibility index (Phi) is 4.36. The quantitative estimate of drug-likeness (QED) is 0.859. The third-order valence-corrected chi connectivity index (χ3v) is 3.18. The Balaban J connectivity index is 2.25. The van der Waals surface area contributed by atoms with Gasteiger partial charge in [0.1, 0.15) is 5.82 Å². The van der Waals surface area contributed by atoms with Gasteiger partial charge in [-0.3, -0.25) is 9.20 Å². The lowest BCUT2D eigenvalue weighted by molar-refractivity contribution is -0.138. The highest BCUT2D eigenvalue weighted by molar-refractivity contribution is 6.33. The Morgan fingerprint density at radius 1 is 1.33 bits per heavy atom. The number of unbranched alkanes of at least 4 members (excludes halogenated alkanes) is 1. The molecule has 2 aromatic rings. The standard InChI is InChI=1S/C12H11ClF3N3O2/c13-8-5-7(12(14,15)16)6-19-9(17-18-11(8)19)3-1-2-4-10(20)21/h5-6H,1-4H2,(H,20,21). The number of nitrogens with zero attached hydrogens (tertiary/aromatic N) is 3. The fourth-order valence-electron chi connectivity index (χ4n) is 1.88. The molecule has 21 heavy (non-hydrogen) atoms. The van der Waals surface area contributed by atoms with Crippen LogP contribution < -0.4 is 0 Å². The number of aliphatic carboxylic acids is 1. The van der Waals surface area contributed by atoms with E-state index in [0.717, 1.165) is 12.3 Å². The molecule has 0 aromatic carbocycles. The van der Waals surface area contributed by atoms with Crippen LogP contribution in [-0.2, 0) is 17.4 Å². The molecule has 0 radical (unpaired) electrons. The van der Waals surface area contributed by atoms with E-state index in [1.54, 1.807) is 0 Å². The molecule has 0 aliphatic rings. The lowest BCUT2D eigenvalue weighted by Crippen LogP contribution is -2.07. The highest BCUT2D eigenvalue weighted by atomic mass is 35.5. The summed E-state index contributed by atoms with van der Waals surface area (Å²) >= 11 is 5.78. The Morgan fingerprint density at radius 2 is 2.05 bits per heavy atom. The molecular formula is C12H11ClF3N3O2. The number of alkyl halides is 3. The van der Waals surface area contributed by atoms with E-state index in [1.165, 1.54) is 4.40 Å². The van der Waals surface area contributed by atoms with Gasteiger partial charge in [0.15, 0.2) is 5.65 Å². The minimum atomic E-state index is -4.51. The van der Waals surface area contributed by atoms with Gasteiger partial charge >= 0.3 is 12.1 Å².